The molecular weight excluding hydrogens is 244 g/mol. The molecule has 0 atom stereocenters. The van der Waals surface area contributed by atoms with E-state index in [0.717, 1.165) is 38.0 Å². The normalized spacial score (nSPS) is 17.3. The van der Waals surface area contributed by atoms with E-state index in [2.05, 4.69) is 4.90 Å². The summed E-state index contributed by atoms with van der Waals surface area (Å²) in [5, 5.41) is 0. The van der Waals surface area contributed by atoms with Crippen LogP contribution in [-0.2, 0) is 16.1 Å². The van der Waals surface area contributed by atoms with Crippen LogP contribution in [-0.4, -0.2) is 48.7 Å². The zero-order valence-electron chi connectivity index (χ0n) is 11.2. The molecule has 0 N–H and O–H groups in total. The molecule has 1 amide bonds. The number of hydrogen-bond acceptors (Lipinski definition) is 4. The minimum Gasteiger partial charge on any atom is -0.467 e. The van der Waals surface area contributed by atoms with Crippen molar-refractivity contribution in [1.29, 1.82) is 0 Å². The monoisotopic (exact) mass is 264 g/mol. The van der Waals surface area contributed by atoms with Gasteiger partial charge in [-0.2, -0.15) is 0 Å². The smallest absolute Gasteiger partial charge is 0.236 e. The number of rotatable bonds is 5. The summed E-state index contributed by atoms with van der Waals surface area (Å²) in [5.74, 6) is 1.05. The van der Waals surface area contributed by atoms with Crippen LogP contribution >= 0.6 is 0 Å². The van der Waals surface area contributed by atoms with Crippen molar-refractivity contribution in [3.63, 3.8) is 0 Å². The van der Waals surface area contributed by atoms with Crippen molar-refractivity contribution < 1.29 is 14.0 Å². The van der Waals surface area contributed by atoms with Gasteiger partial charge < -0.3 is 14.1 Å². The highest BCUT2D eigenvalue weighted by Gasteiger charge is 2.21. The van der Waals surface area contributed by atoms with Crippen LogP contribution in [0, 0.1) is 5.92 Å². The minimum absolute atomic E-state index is 0.0842. The summed E-state index contributed by atoms with van der Waals surface area (Å²) in [4.78, 5) is 26.5. The van der Waals surface area contributed by atoms with Crippen molar-refractivity contribution in [2.75, 3.05) is 26.7 Å². The Kier molecular flexibility index (Phi) is 4.74. The molecule has 1 saturated heterocycles. The van der Waals surface area contributed by atoms with E-state index in [1.807, 2.05) is 12.1 Å². The van der Waals surface area contributed by atoms with Crippen molar-refractivity contribution in [2.45, 2.75) is 19.4 Å². The second kappa shape index (κ2) is 6.52. The van der Waals surface area contributed by atoms with Gasteiger partial charge in [-0.15, -0.1) is 0 Å². The van der Waals surface area contributed by atoms with Gasteiger partial charge >= 0.3 is 0 Å². The first-order valence-corrected chi connectivity index (χ1v) is 6.63. The van der Waals surface area contributed by atoms with E-state index in [0.29, 0.717) is 13.1 Å². The van der Waals surface area contributed by atoms with Crippen molar-refractivity contribution in [3.8, 4) is 0 Å². The number of furan rings is 1. The van der Waals surface area contributed by atoms with E-state index >= 15 is 0 Å². The Morgan fingerprint density at radius 2 is 2.26 bits per heavy atom. The van der Waals surface area contributed by atoms with Gasteiger partial charge in [0.25, 0.3) is 0 Å². The van der Waals surface area contributed by atoms with Gasteiger partial charge in [0.1, 0.15) is 12.0 Å². The predicted octanol–water partition coefficient (Wildman–Crippen LogP) is 1.15. The van der Waals surface area contributed by atoms with Gasteiger partial charge in [-0.25, -0.2) is 0 Å². The molecule has 0 aromatic carbocycles. The molecule has 0 spiro atoms. The third kappa shape index (κ3) is 3.92. The highest BCUT2D eigenvalue weighted by Crippen LogP contribution is 2.14. The number of likely N-dealkylation sites (tertiary alicyclic amines) is 1. The molecule has 5 heteroatoms. The molecule has 5 nitrogen and oxygen atoms in total. The van der Waals surface area contributed by atoms with Gasteiger partial charge in [0.15, 0.2) is 0 Å². The van der Waals surface area contributed by atoms with E-state index in [4.69, 9.17) is 4.42 Å². The maximum absolute atomic E-state index is 12.1. The largest absolute Gasteiger partial charge is 0.467 e. The summed E-state index contributed by atoms with van der Waals surface area (Å²) in [6.07, 6.45) is 4.36. The summed E-state index contributed by atoms with van der Waals surface area (Å²) < 4.78 is 5.23. The maximum Gasteiger partial charge on any atom is 0.236 e. The van der Waals surface area contributed by atoms with Crippen molar-refractivity contribution in [3.05, 3.63) is 24.2 Å². The summed E-state index contributed by atoms with van der Waals surface area (Å²) in [5.41, 5.74) is 0. The van der Waals surface area contributed by atoms with Crippen LogP contribution in [0.15, 0.2) is 22.8 Å². The van der Waals surface area contributed by atoms with E-state index in [1.165, 1.54) is 0 Å². The molecule has 0 radical (unpaired) electrons. The Bertz CT molecular complexity index is 408. The van der Waals surface area contributed by atoms with Gasteiger partial charge in [-0.3, -0.25) is 9.69 Å². The lowest BCUT2D eigenvalue weighted by Gasteiger charge is -2.30. The number of nitrogens with zero attached hydrogens (tertiary/aromatic N) is 2. The van der Waals surface area contributed by atoms with Gasteiger partial charge in [0.05, 0.1) is 19.4 Å². The lowest BCUT2D eigenvalue weighted by Crippen LogP contribution is -2.42. The summed E-state index contributed by atoms with van der Waals surface area (Å²) in [6, 6.07) is 3.68. The lowest BCUT2D eigenvalue weighted by molar-refractivity contribution is -0.132. The van der Waals surface area contributed by atoms with Gasteiger partial charge in [-0.1, -0.05) is 0 Å². The zero-order valence-corrected chi connectivity index (χ0v) is 11.2. The Balaban J connectivity index is 1.76. The molecule has 2 rings (SSSR count). The van der Waals surface area contributed by atoms with Gasteiger partial charge in [0, 0.05) is 13.0 Å². The summed E-state index contributed by atoms with van der Waals surface area (Å²) in [7, 11) is 1.78. The van der Waals surface area contributed by atoms with Gasteiger partial charge in [-0.05, 0) is 38.1 Å². The first kappa shape index (κ1) is 13.8. The fourth-order valence-electron chi connectivity index (χ4n) is 2.28. The third-order valence-corrected chi connectivity index (χ3v) is 3.58. The zero-order chi connectivity index (χ0) is 13.7. The molecule has 0 aliphatic carbocycles. The first-order chi connectivity index (χ1) is 9.19. The average molecular weight is 264 g/mol. The van der Waals surface area contributed by atoms with Crippen LogP contribution in [0.3, 0.4) is 0 Å². The number of hydrogen-bond donors (Lipinski definition) is 0. The second-order valence-corrected chi connectivity index (χ2v) is 5.08. The Hall–Kier alpha value is -1.62. The molecular formula is C14H20N2O3. The highest BCUT2D eigenvalue weighted by molar-refractivity contribution is 5.77. The van der Waals surface area contributed by atoms with Crippen LogP contribution in [0.4, 0.5) is 0 Å². The van der Waals surface area contributed by atoms with E-state index < -0.39 is 0 Å². The molecule has 104 valence electrons. The molecule has 0 unspecified atom stereocenters. The van der Waals surface area contributed by atoms with Crippen molar-refractivity contribution in [1.82, 2.24) is 9.80 Å². The number of amides is 1. The molecule has 19 heavy (non-hydrogen) atoms. The standard InChI is InChI=1S/C14H20N2O3/c1-15(9-13-3-2-8-19-13)14(18)10-16-6-4-12(11-17)5-7-16/h2-3,8,11-12H,4-7,9-10H2,1H3. The highest BCUT2D eigenvalue weighted by atomic mass is 16.3. The SMILES string of the molecule is CN(Cc1ccco1)C(=O)CN1CCC(C=O)CC1. The Labute approximate surface area is 113 Å². The molecule has 1 aliphatic rings. The predicted molar refractivity (Wildman–Crippen MR) is 70.4 cm³/mol. The van der Waals surface area contributed by atoms with Crippen LogP contribution < -0.4 is 0 Å². The summed E-state index contributed by atoms with van der Waals surface area (Å²) in [6.45, 7) is 2.56. The average Bonchev–Trinajstić information content (AvgIpc) is 2.92. The number of carbonyl (C=O) groups excluding carboxylic acids is 2. The molecule has 1 aromatic rings. The lowest BCUT2D eigenvalue weighted by atomic mass is 9.99. The number of piperidine rings is 1. The molecule has 1 aliphatic heterocycles. The van der Waals surface area contributed by atoms with Crippen molar-refractivity contribution >= 4 is 12.2 Å². The van der Waals surface area contributed by atoms with Crippen LogP contribution in [0.25, 0.3) is 0 Å². The topological polar surface area (TPSA) is 53.8 Å². The molecule has 1 fully saturated rings. The molecule has 1 aromatic heterocycles. The number of carbonyl (C=O) groups is 2. The first-order valence-electron chi connectivity index (χ1n) is 6.63. The van der Waals surface area contributed by atoms with Gasteiger partial charge in [0.2, 0.25) is 5.91 Å². The third-order valence-electron chi connectivity index (χ3n) is 3.58. The number of likely N-dealkylation sites (N-methyl/N-ethyl adjacent to an activating group) is 1. The van der Waals surface area contributed by atoms with Crippen molar-refractivity contribution in [2.24, 2.45) is 5.92 Å². The van der Waals surface area contributed by atoms with E-state index in [9.17, 15) is 9.59 Å². The van der Waals surface area contributed by atoms with Crippen LogP contribution in [0.5, 0.6) is 0 Å². The van der Waals surface area contributed by atoms with E-state index in [-0.39, 0.29) is 11.8 Å². The fraction of sp³-hybridized carbons (Fsp3) is 0.571. The number of aldehydes is 1. The quantitative estimate of drug-likeness (QED) is 0.749. The van der Waals surface area contributed by atoms with Crippen LogP contribution in [0.1, 0.15) is 18.6 Å². The molecule has 0 bridgehead atoms. The van der Waals surface area contributed by atoms with E-state index in [1.54, 1.807) is 18.2 Å². The Morgan fingerprint density at radius 3 is 2.84 bits per heavy atom. The maximum atomic E-state index is 12.1. The second-order valence-electron chi connectivity index (χ2n) is 5.08. The Morgan fingerprint density at radius 1 is 1.53 bits per heavy atom. The van der Waals surface area contributed by atoms with Crippen LogP contribution in [0.2, 0.25) is 0 Å². The summed E-state index contributed by atoms with van der Waals surface area (Å²) >= 11 is 0. The fourth-order valence-corrected chi connectivity index (χ4v) is 2.28. The molecule has 2 heterocycles. The minimum atomic E-state index is 0.0842. The molecule has 0 saturated carbocycles.